The number of nitrogens with one attached hydrogen (secondary N) is 1. The Morgan fingerprint density at radius 1 is 1.23 bits per heavy atom. The summed E-state index contributed by atoms with van der Waals surface area (Å²) in [5.41, 5.74) is 1.76. The molecule has 1 aromatic carbocycles. The van der Waals surface area contributed by atoms with Gasteiger partial charge in [-0.3, -0.25) is 9.89 Å². The second kappa shape index (κ2) is 6.87. The van der Waals surface area contributed by atoms with Crippen LogP contribution in [0.4, 0.5) is 5.69 Å². The molecule has 0 saturated heterocycles. The molecule has 0 spiro atoms. The molecule has 110 valence electrons. The van der Waals surface area contributed by atoms with Gasteiger partial charge in [-0.05, 0) is 23.1 Å². The molecule has 3 aromatic rings. The lowest BCUT2D eigenvalue weighted by atomic mass is 10.2. The van der Waals surface area contributed by atoms with Crippen molar-refractivity contribution in [1.82, 2.24) is 10.2 Å². The van der Waals surface area contributed by atoms with Crippen LogP contribution in [-0.4, -0.2) is 16.1 Å². The summed E-state index contributed by atoms with van der Waals surface area (Å²) in [6.07, 6.45) is 6.80. The lowest BCUT2D eigenvalue weighted by Gasteiger charge is -2.18. The minimum Gasteiger partial charge on any atom is -0.301 e. The molecule has 0 radical (unpaired) electrons. The third-order valence-electron chi connectivity index (χ3n) is 3.17. The molecular formula is C17H15N3OS. The van der Waals surface area contributed by atoms with Gasteiger partial charge >= 0.3 is 0 Å². The number of rotatable bonds is 5. The summed E-state index contributed by atoms with van der Waals surface area (Å²) in [6.45, 7) is 0.537. The standard InChI is InChI=1S/C17H15N3OS/c21-17(9-8-14-5-2-1-3-6-14)20(15-11-18-19-12-15)13-16-7-4-10-22-16/h1-12H,13H2,(H,18,19)/b9-8+. The van der Waals surface area contributed by atoms with Gasteiger partial charge in [0.1, 0.15) is 0 Å². The van der Waals surface area contributed by atoms with Gasteiger partial charge in [-0.25, -0.2) is 0 Å². The molecule has 0 fully saturated rings. The van der Waals surface area contributed by atoms with Gasteiger partial charge in [-0.2, -0.15) is 5.10 Å². The van der Waals surface area contributed by atoms with E-state index in [1.54, 1.807) is 34.7 Å². The number of hydrogen-bond acceptors (Lipinski definition) is 3. The number of benzene rings is 1. The van der Waals surface area contributed by atoms with Crippen molar-refractivity contribution >= 4 is 29.0 Å². The third kappa shape index (κ3) is 3.51. The van der Waals surface area contributed by atoms with Crippen LogP contribution in [0.2, 0.25) is 0 Å². The molecule has 4 nitrogen and oxygen atoms in total. The van der Waals surface area contributed by atoms with Gasteiger partial charge < -0.3 is 4.90 Å². The lowest BCUT2D eigenvalue weighted by Crippen LogP contribution is -2.27. The summed E-state index contributed by atoms with van der Waals surface area (Å²) in [5, 5.41) is 8.69. The van der Waals surface area contributed by atoms with Crippen LogP contribution in [0.15, 0.2) is 66.3 Å². The first-order valence-electron chi connectivity index (χ1n) is 6.89. The Labute approximate surface area is 132 Å². The van der Waals surface area contributed by atoms with Crippen LogP contribution < -0.4 is 4.90 Å². The summed E-state index contributed by atoms with van der Waals surface area (Å²) >= 11 is 1.63. The number of anilines is 1. The zero-order valence-electron chi connectivity index (χ0n) is 11.8. The highest BCUT2D eigenvalue weighted by molar-refractivity contribution is 7.09. The number of hydrogen-bond donors (Lipinski definition) is 1. The Kier molecular flexibility index (Phi) is 4.46. The van der Waals surface area contributed by atoms with Crippen molar-refractivity contribution in [1.29, 1.82) is 0 Å². The lowest BCUT2D eigenvalue weighted by molar-refractivity contribution is -0.114. The average Bonchev–Trinajstić information content (AvgIpc) is 3.24. The maximum Gasteiger partial charge on any atom is 0.251 e. The van der Waals surface area contributed by atoms with E-state index in [4.69, 9.17) is 0 Å². The van der Waals surface area contributed by atoms with Crippen molar-refractivity contribution in [2.45, 2.75) is 6.54 Å². The van der Waals surface area contributed by atoms with E-state index >= 15 is 0 Å². The summed E-state index contributed by atoms with van der Waals surface area (Å²) in [7, 11) is 0. The molecule has 0 bridgehead atoms. The summed E-state index contributed by atoms with van der Waals surface area (Å²) < 4.78 is 0. The van der Waals surface area contributed by atoms with Gasteiger partial charge in [0.05, 0.1) is 18.4 Å². The van der Waals surface area contributed by atoms with Crippen molar-refractivity contribution < 1.29 is 4.79 Å². The normalized spacial score (nSPS) is 10.9. The SMILES string of the molecule is O=C(/C=C/c1ccccc1)N(Cc1cccs1)c1cn[nH]c1. The zero-order chi connectivity index (χ0) is 15.2. The van der Waals surface area contributed by atoms with Crippen LogP contribution in [0.3, 0.4) is 0 Å². The van der Waals surface area contributed by atoms with E-state index in [2.05, 4.69) is 10.2 Å². The first-order chi connectivity index (χ1) is 10.8. The second-order valence-corrected chi connectivity index (χ2v) is 5.74. The van der Waals surface area contributed by atoms with E-state index in [1.807, 2.05) is 53.9 Å². The molecule has 3 rings (SSSR count). The van der Waals surface area contributed by atoms with Crippen LogP contribution in [0.25, 0.3) is 6.08 Å². The van der Waals surface area contributed by atoms with Crippen LogP contribution in [0, 0.1) is 0 Å². The fourth-order valence-electron chi connectivity index (χ4n) is 2.07. The van der Waals surface area contributed by atoms with Gasteiger partial charge in [-0.1, -0.05) is 36.4 Å². The van der Waals surface area contributed by atoms with Gasteiger partial charge in [0, 0.05) is 17.2 Å². The molecule has 0 saturated carbocycles. The summed E-state index contributed by atoms with van der Waals surface area (Å²) in [6, 6.07) is 13.8. The molecule has 2 heterocycles. The number of carbonyl (C=O) groups is 1. The number of carbonyl (C=O) groups excluding carboxylic acids is 1. The maximum atomic E-state index is 12.5. The van der Waals surface area contributed by atoms with Crippen LogP contribution >= 0.6 is 11.3 Å². The van der Waals surface area contributed by atoms with Gasteiger partial charge in [0.15, 0.2) is 0 Å². The Morgan fingerprint density at radius 2 is 2.09 bits per heavy atom. The molecule has 0 aliphatic heterocycles. The maximum absolute atomic E-state index is 12.5. The number of H-pyrrole nitrogens is 1. The first kappa shape index (κ1) is 14.3. The molecule has 0 aliphatic rings. The number of aromatic nitrogens is 2. The Hall–Kier alpha value is -2.66. The van der Waals surface area contributed by atoms with Gasteiger partial charge in [0.25, 0.3) is 5.91 Å². The van der Waals surface area contributed by atoms with E-state index in [-0.39, 0.29) is 5.91 Å². The van der Waals surface area contributed by atoms with E-state index in [0.29, 0.717) is 6.54 Å². The molecular weight excluding hydrogens is 294 g/mol. The summed E-state index contributed by atoms with van der Waals surface area (Å²) in [4.78, 5) is 15.4. The second-order valence-electron chi connectivity index (χ2n) is 4.70. The summed E-state index contributed by atoms with van der Waals surface area (Å²) in [5.74, 6) is -0.0707. The van der Waals surface area contributed by atoms with Gasteiger partial charge in [-0.15, -0.1) is 11.3 Å². The van der Waals surface area contributed by atoms with Crippen LogP contribution in [0.5, 0.6) is 0 Å². The highest BCUT2D eigenvalue weighted by Crippen LogP contribution is 2.19. The van der Waals surface area contributed by atoms with Crippen molar-refractivity contribution in [3.63, 3.8) is 0 Å². The number of amides is 1. The quantitative estimate of drug-likeness (QED) is 0.730. The Balaban J connectivity index is 1.79. The smallest absolute Gasteiger partial charge is 0.251 e. The fraction of sp³-hybridized carbons (Fsp3) is 0.0588. The highest BCUT2D eigenvalue weighted by Gasteiger charge is 2.15. The number of aromatic amines is 1. The minimum atomic E-state index is -0.0707. The van der Waals surface area contributed by atoms with E-state index in [1.165, 1.54) is 0 Å². The first-order valence-corrected chi connectivity index (χ1v) is 7.77. The largest absolute Gasteiger partial charge is 0.301 e. The third-order valence-corrected chi connectivity index (χ3v) is 4.03. The molecule has 1 N–H and O–H groups in total. The molecule has 0 unspecified atom stereocenters. The molecule has 0 aliphatic carbocycles. The number of nitrogens with zero attached hydrogens (tertiary/aromatic N) is 2. The van der Waals surface area contributed by atoms with E-state index in [0.717, 1.165) is 16.1 Å². The molecule has 22 heavy (non-hydrogen) atoms. The van der Waals surface area contributed by atoms with Crippen molar-refractivity contribution in [2.24, 2.45) is 0 Å². The number of thiophene rings is 1. The predicted octanol–water partition coefficient (Wildman–Crippen LogP) is 3.72. The monoisotopic (exact) mass is 309 g/mol. The minimum absolute atomic E-state index is 0.0707. The van der Waals surface area contributed by atoms with E-state index < -0.39 is 0 Å². The Bertz CT molecular complexity index is 734. The predicted molar refractivity (Wildman–Crippen MR) is 89.6 cm³/mol. The average molecular weight is 309 g/mol. The van der Waals surface area contributed by atoms with Crippen molar-refractivity contribution in [3.8, 4) is 0 Å². The molecule has 1 amide bonds. The van der Waals surface area contributed by atoms with E-state index in [9.17, 15) is 4.79 Å². The van der Waals surface area contributed by atoms with Gasteiger partial charge in [0.2, 0.25) is 0 Å². The zero-order valence-corrected chi connectivity index (χ0v) is 12.7. The fourth-order valence-corrected chi connectivity index (χ4v) is 2.76. The van der Waals surface area contributed by atoms with Crippen molar-refractivity contribution in [3.05, 3.63) is 76.8 Å². The van der Waals surface area contributed by atoms with Crippen LogP contribution in [-0.2, 0) is 11.3 Å². The van der Waals surface area contributed by atoms with Crippen LogP contribution in [0.1, 0.15) is 10.4 Å². The molecule has 5 heteroatoms. The molecule has 0 atom stereocenters. The highest BCUT2D eigenvalue weighted by atomic mass is 32.1. The molecule has 2 aromatic heterocycles. The Morgan fingerprint density at radius 3 is 2.77 bits per heavy atom. The van der Waals surface area contributed by atoms with Crippen molar-refractivity contribution in [2.75, 3.05) is 4.90 Å². The topological polar surface area (TPSA) is 49.0 Å².